The largest absolute Gasteiger partial charge is 0.292 e. The Hall–Kier alpha value is -1.55. The third kappa shape index (κ3) is 5.05. The van der Waals surface area contributed by atoms with Gasteiger partial charge in [-0.05, 0) is 39.7 Å². The highest BCUT2D eigenvalue weighted by Gasteiger charge is 2.14. The van der Waals surface area contributed by atoms with Crippen molar-refractivity contribution in [3.63, 3.8) is 0 Å². The number of hydrogen-bond acceptors (Lipinski definition) is 5. The van der Waals surface area contributed by atoms with Crippen LogP contribution in [-0.4, -0.2) is 28.8 Å². The monoisotopic (exact) mass is 363 g/mol. The number of nitriles is 1. The van der Waals surface area contributed by atoms with Crippen molar-refractivity contribution in [2.45, 2.75) is 13.0 Å². The molecular weight excluding hydrogens is 350 g/mol. The second kappa shape index (κ2) is 8.03. The number of pyridine rings is 1. The quantitative estimate of drug-likeness (QED) is 0.706. The van der Waals surface area contributed by atoms with Crippen molar-refractivity contribution in [2.75, 3.05) is 13.1 Å². The average molecular weight is 364 g/mol. The Bertz CT molecular complexity index is 636. The molecule has 0 spiro atoms. The number of carbonyl (C=O) groups excluding carboxylic acids is 1. The summed E-state index contributed by atoms with van der Waals surface area (Å²) in [6.45, 7) is 1.50. The second-order valence-electron chi connectivity index (χ2n) is 4.51. The van der Waals surface area contributed by atoms with E-state index in [1.165, 1.54) is 11.3 Å². The molecule has 2 rings (SSSR count). The molecule has 21 heavy (non-hydrogen) atoms. The molecule has 0 aromatic carbocycles. The van der Waals surface area contributed by atoms with Gasteiger partial charge in [-0.3, -0.25) is 14.7 Å². The SMILES string of the molecule is N#CCCN(CC(=O)c1ccc(Br)s1)Cc1cccnc1. The summed E-state index contributed by atoms with van der Waals surface area (Å²) in [4.78, 5) is 19.1. The minimum absolute atomic E-state index is 0.0764. The van der Waals surface area contributed by atoms with Crippen LogP contribution in [0.3, 0.4) is 0 Å². The van der Waals surface area contributed by atoms with Gasteiger partial charge in [0, 0.05) is 31.9 Å². The molecule has 0 amide bonds. The van der Waals surface area contributed by atoms with E-state index in [2.05, 4.69) is 27.0 Å². The zero-order valence-corrected chi connectivity index (χ0v) is 13.7. The van der Waals surface area contributed by atoms with E-state index >= 15 is 0 Å². The van der Waals surface area contributed by atoms with Crippen LogP contribution in [0.25, 0.3) is 0 Å². The van der Waals surface area contributed by atoms with Crippen LogP contribution in [0.5, 0.6) is 0 Å². The van der Waals surface area contributed by atoms with E-state index in [-0.39, 0.29) is 5.78 Å². The first-order valence-corrected chi connectivity index (χ1v) is 8.06. The average Bonchev–Trinajstić information content (AvgIpc) is 2.92. The topological polar surface area (TPSA) is 57.0 Å². The van der Waals surface area contributed by atoms with Crippen LogP contribution in [-0.2, 0) is 6.54 Å². The molecule has 6 heteroatoms. The summed E-state index contributed by atoms with van der Waals surface area (Å²) in [7, 11) is 0. The fraction of sp³-hybridized carbons (Fsp3) is 0.267. The van der Waals surface area contributed by atoms with Crippen molar-refractivity contribution < 1.29 is 4.79 Å². The minimum atomic E-state index is 0.0764. The predicted octanol–water partition coefficient (Wildman–Crippen LogP) is 3.50. The van der Waals surface area contributed by atoms with Gasteiger partial charge in [0.15, 0.2) is 5.78 Å². The fourth-order valence-electron chi connectivity index (χ4n) is 1.92. The lowest BCUT2D eigenvalue weighted by molar-refractivity contribution is 0.0931. The Morgan fingerprint density at radius 3 is 2.90 bits per heavy atom. The van der Waals surface area contributed by atoms with Gasteiger partial charge in [-0.15, -0.1) is 11.3 Å². The standard InChI is InChI=1S/C15H14BrN3OS/c16-15-5-4-14(21-15)13(20)11-19(8-2-6-17)10-12-3-1-7-18-9-12/h1,3-5,7,9H,2,8,10-11H2. The van der Waals surface area contributed by atoms with E-state index in [9.17, 15) is 4.79 Å². The van der Waals surface area contributed by atoms with Crippen LogP contribution in [0, 0.1) is 11.3 Å². The van der Waals surface area contributed by atoms with Crippen molar-refractivity contribution in [3.8, 4) is 6.07 Å². The molecule has 2 aromatic rings. The lowest BCUT2D eigenvalue weighted by atomic mass is 10.2. The number of Topliss-reactive ketones (excluding diaryl/α,β-unsaturated/α-hetero) is 1. The number of aromatic nitrogens is 1. The summed E-state index contributed by atoms with van der Waals surface area (Å²) < 4.78 is 0.946. The summed E-state index contributed by atoms with van der Waals surface area (Å²) in [5.41, 5.74) is 1.04. The first-order chi connectivity index (χ1) is 10.2. The van der Waals surface area contributed by atoms with Gasteiger partial charge in [-0.25, -0.2) is 0 Å². The molecule has 0 saturated heterocycles. The van der Waals surface area contributed by atoms with Gasteiger partial charge in [0.05, 0.1) is 21.3 Å². The molecule has 0 aliphatic heterocycles. The summed E-state index contributed by atoms with van der Waals surface area (Å²) >= 11 is 4.79. The van der Waals surface area contributed by atoms with Crippen LogP contribution in [0.15, 0.2) is 40.4 Å². The lowest BCUT2D eigenvalue weighted by Gasteiger charge is -2.19. The molecular formula is C15H14BrN3OS. The molecule has 2 aromatic heterocycles. The minimum Gasteiger partial charge on any atom is -0.292 e. The first-order valence-electron chi connectivity index (χ1n) is 6.46. The molecule has 0 bridgehead atoms. The Balaban J connectivity index is 2.02. The van der Waals surface area contributed by atoms with Gasteiger partial charge in [0.1, 0.15) is 0 Å². The number of hydrogen-bond donors (Lipinski definition) is 0. The molecule has 0 aliphatic rings. The fourth-order valence-corrected chi connectivity index (χ4v) is 3.23. The van der Waals surface area contributed by atoms with E-state index in [0.29, 0.717) is 26.1 Å². The molecule has 0 saturated carbocycles. The Labute approximate surface area is 136 Å². The Morgan fingerprint density at radius 1 is 1.43 bits per heavy atom. The zero-order chi connectivity index (χ0) is 15.1. The molecule has 0 atom stereocenters. The third-order valence-electron chi connectivity index (χ3n) is 2.88. The molecule has 0 aliphatic carbocycles. The molecule has 108 valence electrons. The number of halogens is 1. The second-order valence-corrected chi connectivity index (χ2v) is 6.97. The molecule has 0 unspecified atom stereocenters. The van der Waals surface area contributed by atoms with E-state index in [1.54, 1.807) is 12.4 Å². The van der Waals surface area contributed by atoms with Crippen LogP contribution in [0.4, 0.5) is 0 Å². The van der Waals surface area contributed by atoms with Crippen molar-refractivity contribution in [1.29, 1.82) is 5.26 Å². The number of rotatable bonds is 7. The van der Waals surface area contributed by atoms with Crippen LogP contribution >= 0.6 is 27.3 Å². The third-order valence-corrected chi connectivity index (χ3v) is 4.55. The highest BCUT2D eigenvalue weighted by molar-refractivity contribution is 9.11. The normalized spacial score (nSPS) is 10.5. The van der Waals surface area contributed by atoms with Crippen LogP contribution in [0.2, 0.25) is 0 Å². The maximum Gasteiger partial charge on any atom is 0.186 e. The maximum absolute atomic E-state index is 12.3. The molecule has 2 heterocycles. The summed E-state index contributed by atoms with van der Waals surface area (Å²) in [5.74, 6) is 0.0764. The summed E-state index contributed by atoms with van der Waals surface area (Å²) in [6, 6.07) is 9.67. The van der Waals surface area contributed by atoms with Gasteiger partial charge < -0.3 is 0 Å². The molecule has 0 radical (unpaired) electrons. The van der Waals surface area contributed by atoms with Gasteiger partial charge in [-0.1, -0.05) is 6.07 Å². The number of nitrogens with zero attached hydrogens (tertiary/aromatic N) is 3. The van der Waals surface area contributed by atoms with Crippen LogP contribution in [0.1, 0.15) is 21.7 Å². The van der Waals surface area contributed by atoms with E-state index < -0.39 is 0 Å². The van der Waals surface area contributed by atoms with Gasteiger partial charge >= 0.3 is 0 Å². The summed E-state index contributed by atoms with van der Waals surface area (Å²) in [5, 5.41) is 8.76. The van der Waals surface area contributed by atoms with Crippen LogP contribution < -0.4 is 0 Å². The van der Waals surface area contributed by atoms with Crippen molar-refractivity contribution in [1.82, 2.24) is 9.88 Å². The highest BCUT2D eigenvalue weighted by Crippen LogP contribution is 2.22. The van der Waals surface area contributed by atoms with Crippen molar-refractivity contribution >= 4 is 33.0 Å². The molecule has 0 fully saturated rings. The first kappa shape index (κ1) is 15.8. The maximum atomic E-state index is 12.3. The van der Waals surface area contributed by atoms with Gasteiger partial charge in [0.25, 0.3) is 0 Å². The summed E-state index contributed by atoms with van der Waals surface area (Å²) in [6.07, 6.45) is 3.91. The number of thiophene rings is 1. The van der Waals surface area contributed by atoms with E-state index in [4.69, 9.17) is 5.26 Å². The number of ketones is 1. The zero-order valence-electron chi connectivity index (χ0n) is 11.3. The Morgan fingerprint density at radius 2 is 2.29 bits per heavy atom. The molecule has 0 N–H and O–H groups in total. The highest BCUT2D eigenvalue weighted by atomic mass is 79.9. The molecule has 4 nitrogen and oxygen atoms in total. The Kier molecular flexibility index (Phi) is 6.05. The van der Waals surface area contributed by atoms with E-state index in [1.807, 2.05) is 29.2 Å². The van der Waals surface area contributed by atoms with Crippen molar-refractivity contribution in [2.24, 2.45) is 0 Å². The van der Waals surface area contributed by atoms with Gasteiger partial charge in [-0.2, -0.15) is 5.26 Å². The van der Waals surface area contributed by atoms with Gasteiger partial charge in [0.2, 0.25) is 0 Å². The smallest absolute Gasteiger partial charge is 0.186 e. The van der Waals surface area contributed by atoms with E-state index in [0.717, 1.165) is 14.2 Å². The predicted molar refractivity (Wildman–Crippen MR) is 86.1 cm³/mol. The van der Waals surface area contributed by atoms with Crippen molar-refractivity contribution in [3.05, 3.63) is 50.9 Å². The lowest BCUT2D eigenvalue weighted by Crippen LogP contribution is -2.30. The number of carbonyl (C=O) groups is 1.